The maximum Gasteiger partial charge on any atom is 0.332 e. The number of hydrogen-bond acceptors (Lipinski definition) is 8. The van der Waals surface area contributed by atoms with Crippen LogP contribution in [0.3, 0.4) is 0 Å². The molecule has 0 radical (unpaired) electrons. The van der Waals surface area contributed by atoms with E-state index in [-0.39, 0.29) is 6.61 Å². The van der Waals surface area contributed by atoms with E-state index in [0.717, 1.165) is 0 Å². The Balaban J connectivity index is 4.21. The van der Waals surface area contributed by atoms with Gasteiger partial charge in [0, 0.05) is 12.2 Å². The predicted molar refractivity (Wildman–Crippen MR) is 89.2 cm³/mol. The largest absolute Gasteiger partial charge is 0.430 e. The highest BCUT2D eigenvalue weighted by Crippen LogP contribution is 2.08. The number of ether oxygens (including phenoxy) is 4. The molecule has 5 atom stereocenters. The third kappa shape index (κ3) is 10.7. The monoisotopic (exact) mass is 360 g/mol. The molecule has 25 heavy (non-hydrogen) atoms. The number of rotatable bonds is 11. The second-order valence-electron chi connectivity index (χ2n) is 5.35. The van der Waals surface area contributed by atoms with Crippen molar-refractivity contribution in [1.82, 2.24) is 0 Å². The molecular formula is C17H28O8. The van der Waals surface area contributed by atoms with E-state index in [1.807, 2.05) is 0 Å². The van der Waals surface area contributed by atoms with Gasteiger partial charge in [-0.15, -0.1) is 0 Å². The molecule has 0 aliphatic carbocycles. The Bertz CT molecular complexity index is 460. The average Bonchev–Trinajstić information content (AvgIpc) is 2.52. The van der Waals surface area contributed by atoms with E-state index in [1.54, 1.807) is 27.7 Å². The third-order valence-corrected chi connectivity index (χ3v) is 2.92. The van der Waals surface area contributed by atoms with Crippen LogP contribution in [0.1, 0.15) is 34.6 Å². The lowest BCUT2D eigenvalue weighted by atomic mass is 10.3. The molecule has 0 saturated heterocycles. The highest BCUT2D eigenvalue weighted by atomic mass is 16.7. The van der Waals surface area contributed by atoms with Gasteiger partial charge in [-0.25, -0.2) is 9.59 Å². The molecule has 0 fully saturated rings. The summed E-state index contributed by atoms with van der Waals surface area (Å²) < 4.78 is 20.3. The fourth-order valence-corrected chi connectivity index (χ4v) is 1.62. The topological polar surface area (TPSA) is 112 Å². The molecule has 0 aliphatic rings. The van der Waals surface area contributed by atoms with Crippen molar-refractivity contribution in [2.45, 2.75) is 65.5 Å². The first-order chi connectivity index (χ1) is 11.7. The first kappa shape index (κ1) is 23.3. The Morgan fingerprint density at radius 1 is 0.880 bits per heavy atom. The molecule has 0 rings (SSSR count). The van der Waals surface area contributed by atoms with Crippen LogP contribution in [0.5, 0.6) is 0 Å². The lowest BCUT2D eigenvalue weighted by molar-refractivity contribution is -0.206. The summed E-state index contributed by atoms with van der Waals surface area (Å²) in [7, 11) is 0. The van der Waals surface area contributed by atoms with Crippen molar-refractivity contribution in [2.75, 3.05) is 6.61 Å². The molecule has 144 valence electrons. The molecule has 8 nitrogen and oxygen atoms in total. The van der Waals surface area contributed by atoms with Gasteiger partial charge in [0.25, 0.3) is 0 Å². The molecule has 0 bridgehead atoms. The zero-order chi connectivity index (χ0) is 19.4. The van der Waals surface area contributed by atoms with Gasteiger partial charge in [0.2, 0.25) is 12.6 Å². The summed E-state index contributed by atoms with van der Waals surface area (Å²) in [6, 6.07) is 0. The second kappa shape index (κ2) is 12.6. The maximum absolute atomic E-state index is 11.2. The number of allylic oxidation sites excluding steroid dienone is 2. The lowest BCUT2D eigenvalue weighted by Crippen LogP contribution is -2.36. The van der Waals surface area contributed by atoms with Crippen LogP contribution >= 0.6 is 0 Å². The zero-order valence-electron chi connectivity index (χ0n) is 15.2. The number of aliphatic hydroxyl groups excluding tert-OH is 2. The van der Waals surface area contributed by atoms with Crippen LogP contribution in [0.2, 0.25) is 0 Å². The van der Waals surface area contributed by atoms with E-state index in [1.165, 1.54) is 31.2 Å². The molecule has 0 saturated carbocycles. The van der Waals surface area contributed by atoms with Crippen molar-refractivity contribution in [2.24, 2.45) is 0 Å². The van der Waals surface area contributed by atoms with E-state index in [9.17, 15) is 19.8 Å². The van der Waals surface area contributed by atoms with Gasteiger partial charge in [-0.3, -0.25) is 0 Å². The van der Waals surface area contributed by atoms with E-state index >= 15 is 0 Å². The van der Waals surface area contributed by atoms with Gasteiger partial charge in [0.15, 0.2) is 0 Å². The van der Waals surface area contributed by atoms with E-state index in [0.29, 0.717) is 0 Å². The molecule has 0 spiro atoms. The van der Waals surface area contributed by atoms with Crippen molar-refractivity contribution in [1.29, 1.82) is 0 Å². The number of carbonyl (C=O) groups excluding carboxylic acids is 2. The molecular weight excluding hydrogens is 332 g/mol. The molecule has 0 amide bonds. The predicted octanol–water partition coefficient (Wildman–Crippen LogP) is 1.06. The molecule has 2 N–H and O–H groups in total. The highest BCUT2D eigenvalue weighted by Gasteiger charge is 2.23. The molecule has 0 aromatic heterocycles. The summed E-state index contributed by atoms with van der Waals surface area (Å²) in [4.78, 5) is 22.5. The summed E-state index contributed by atoms with van der Waals surface area (Å²) in [5.74, 6) is -1.34. The van der Waals surface area contributed by atoms with E-state index < -0.39 is 42.8 Å². The minimum Gasteiger partial charge on any atom is -0.430 e. The van der Waals surface area contributed by atoms with Gasteiger partial charge in [-0.05, 0) is 34.6 Å². The van der Waals surface area contributed by atoms with Crippen molar-refractivity contribution in [3.8, 4) is 0 Å². The molecule has 0 aromatic carbocycles. The van der Waals surface area contributed by atoms with E-state index in [4.69, 9.17) is 18.9 Å². The number of carbonyl (C=O) groups is 2. The van der Waals surface area contributed by atoms with Crippen molar-refractivity contribution in [3.05, 3.63) is 24.3 Å². The third-order valence-electron chi connectivity index (χ3n) is 2.92. The summed E-state index contributed by atoms with van der Waals surface area (Å²) in [6.07, 6.45) is 0.496. The van der Waals surface area contributed by atoms with Gasteiger partial charge < -0.3 is 29.2 Å². The summed E-state index contributed by atoms with van der Waals surface area (Å²) in [5.41, 5.74) is 0. The Hall–Kier alpha value is -1.74. The van der Waals surface area contributed by atoms with Crippen LogP contribution < -0.4 is 0 Å². The average molecular weight is 360 g/mol. The van der Waals surface area contributed by atoms with Crippen LogP contribution in [-0.4, -0.2) is 59.7 Å². The quantitative estimate of drug-likeness (QED) is 0.320. The Labute approximate surface area is 148 Å². The van der Waals surface area contributed by atoms with Crippen LogP contribution in [-0.2, 0) is 28.5 Å². The first-order valence-electron chi connectivity index (χ1n) is 8.01. The van der Waals surface area contributed by atoms with Gasteiger partial charge in [0.05, 0.1) is 12.7 Å². The number of aliphatic hydroxyl groups is 2. The Morgan fingerprint density at radius 2 is 1.32 bits per heavy atom. The molecule has 5 unspecified atom stereocenters. The Morgan fingerprint density at radius 3 is 1.76 bits per heavy atom. The molecule has 0 aromatic rings. The van der Waals surface area contributed by atoms with Crippen LogP contribution in [0, 0.1) is 0 Å². The molecule has 0 heterocycles. The van der Waals surface area contributed by atoms with Crippen molar-refractivity contribution < 1.29 is 38.7 Å². The summed E-state index contributed by atoms with van der Waals surface area (Å²) in [6.45, 7) is 8.14. The normalized spacial score (nSPS) is 17.9. The number of hydrogen-bond donors (Lipinski definition) is 2. The lowest BCUT2D eigenvalue weighted by Gasteiger charge is -2.25. The highest BCUT2D eigenvalue weighted by molar-refractivity contribution is 5.82. The van der Waals surface area contributed by atoms with Crippen LogP contribution in [0.4, 0.5) is 0 Å². The van der Waals surface area contributed by atoms with E-state index in [2.05, 4.69) is 0 Å². The standard InChI is InChI=1S/C17H28O8/c1-6-8-14(18)24-16(20)12(4)22-10-11(3)23-13(5)17(21)25-15(19)9-7-2/h6-9,11-13,16-17,20-21H,10H2,1-5H3. The Kier molecular flexibility index (Phi) is 11.7. The number of esters is 2. The minimum absolute atomic E-state index is 0.0687. The van der Waals surface area contributed by atoms with Gasteiger partial charge in [-0.2, -0.15) is 0 Å². The van der Waals surface area contributed by atoms with Gasteiger partial charge in [0.1, 0.15) is 12.2 Å². The minimum atomic E-state index is -1.42. The smallest absolute Gasteiger partial charge is 0.332 e. The zero-order valence-corrected chi connectivity index (χ0v) is 15.2. The maximum atomic E-state index is 11.2. The first-order valence-corrected chi connectivity index (χ1v) is 8.01. The summed E-state index contributed by atoms with van der Waals surface area (Å²) >= 11 is 0. The summed E-state index contributed by atoms with van der Waals surface area (Å²) in [5, 5.41) is 19.4. The molecule has 8 heteroatoms. The van der Waals surface area contributed by atoms with Gasteiger partial charge in [-0.1, -0.05) is 12.2 Å². The second-order valence-corrected chi connectivity index (χ2v) is 5.35. The van der Waals surface area contributed by atoms with Crippen molar-refractivity contribution >= 4 is 11.9 Å². The fourth-order valence-electron chi connectivity index (χ4n) is 1.62. The molecule has 0 aliphatic heterocycles. The van der Waals surface area contributed by atoms with Crippen LogP contribution in [0.25, 0.3) is 0 Å². The SMILES string of the molecule is CC=CC(=O)OC(O)C(C)OCC(C)OC(C)C(O)OC(=O)C=CC. The van der Waals surface area contributed by atoms with Crippen LogP contribution in [0.15, 0.2) is 24.3 Å². The van der Waals surface area contributed by atoms with Gasteiger partial charge >= 0.3 is 11.9 Å². The fraction of sp³-hybridized carbons (Fsp3) is 0.647. The van der Waals surface area contributed by atoms with Crippen molar-refractivity contribution in [3.63, 3.8) is 0 Å².